The zero-order valence-corrected chi connectivity index (χ0v) is 14.1. The van der Waals surface area contributed by atoms with Gasteiger partial charge in [-0.3, -0.25) is 9.78 Å². The van der Waals surface area contributed by atoms with Crippen molar-refractivity contribution in [2.75, 3.05) is 11.9 Å². The number of aryl methyl sites for hydroxylation is 2. The van der Waals surface area contributed by atoms with Crippen molar-refractivity contribution < 1.29 is 9.59 Å². The van der Waals surface area contributed by atoms with Crippen LogP contribution in [-0.4, -0.2) is 23.5 Å². The van der Waals surface area contributed by atoms with Gasteiger partial charge < -0.3 is 16.0 Å². The first-order valence-corrected chi connectivity index (χ1v) is 7.77. The number of aromatic nitrogens is 1. The molecule has 0 saturated heterocycles. The number of pyridine rings is 1. The fourth-order valence-corrected chi connectivity index (χ4v) is 2.35. The predicted molar refractivity (Wildman–Crippen MR) is 93.7 cm³/mol. The molecular formula is C18H22N4O2. The van der Waals surface area contributed by atoms with Crippen molar-refractivity contribution in [3.63, 3.8) is 0 Å². The van der Waals surface area contributed by atoms with Gasteiger partial charge in [0.15, 0.2) is 0 Å². The molecule has 0 aliphatic carbocycles. The lowest BCUT2D eigenvalue weighted by Crippen LogP contribution is -2.41. The average molecular weight is 326 g/mol. The summed E-state index contributed by atoms with van der Waals surface area (Å²) in [5.41, 5.74) is 3.90. The second kappa shape index (κ2) is 8.10. The number of anilines is 1. The Bertz CT molecular complexity index is 716. The number of hydrogen-bond acceptors (Lipinski definition) is 3. The molecule has 24 heavy (non-hydrogen) atoms. The van der Waals surface area contributed by atoms with E-state index in [1.54, 1.807) is 24.5 Å². The monoisotopic (exact) mass is 326 g/mol. The predicted octanol–water partition coefficient (Wildman–Crippen LogP) is 2.70. The van der Waals surface area contributed by atoms with Crippen LogP contribution >= 0.6 is 0 Å². The molecule has 1 heterocycles. The summed E-state index contributed by atoms with van der Waals surface area (Å²) in [5.74, 6) is -0.308. The number of nitrogens with zero attached hydrogens (tertiary/aromatic N) is 1. The van der Waals surface area contributed by atoms with Crippen LogP contribution in [0.2, 0.25) is 0 Å². The van der Waals surface area contributed by atoms with Gasteiger partial charge in [-0.25, -0.2) is 4.79 Å². The molecule has 0 aliphatic heterocycles. The summed E-state index contributed by atoms with van der Waals surface area (Å²) in [5, 5.41) is 8.05. The van der Waals surface area contributed by atoms with Crippen LogP contribution in [0.25, 0.3) is 0 Å². The molecular weight excluding hydrogens is 304 g/mol. The van der Waals surface area contributed by atoms with Crippen LogP contribution < -0.4 is 16.0 Å². The highest BCUT2D eigenvalue weighted by atomic mass is 16.2. The number of benzene rings is 1. The summed E-state index contributed by atoms with van der Waals surface area (Å²) in [4.78, 5) is 27.7. The van der Waals surface area contributed by atoms with Gasteiger partial charge in [-0.05, 0) is 44.0 Å². The zero-order valence-electron chi connectivity index (χ0n) is 14.1. The van der Waals surface area contributed by atoms with E-state index in [0.29, 0.717) is 5.69 Å². The normalized spacial score (nSPS) is 11.5. The van der Waals surface area contributed by atoms with Crippen LogP contribution in [0.1, 0.15) is 29.7 Å². The van der Waals surface area contributed by atoms with E-state index >= 15 is 0 Å². The Hall–Kier alpha value is -2.89. The van der Waals surface area contributed by atoms with Gasteiger partial charge >= 0.3 is 6.03 Å². The summed E-state index contributed by atoms with van der Waals surface area (Å²) in [7, 11) is 0. The minimum absolute atomic E-state index is 0.111. The second-order valence-electron chi connectivity index (χ2n) is 5.70. The number of urea groups is 1. The molecule has 1 aromatic heterocycles. The van der Waals surface area contributed by atoms with Crippen LogP contribution in [0, 0.1) is 13.8 Å². The fourth-order valence-electron chi connectivity index (χ4n) is 2.35. The van der Waals surface area contributed by atoms with Gasteiger partial charge in [0.25, 0.3) is 0 Å². The van der Waals surface area contributed by atoms with Crippen molar-refractivity contribution in [2.24, 2.45) is 0 Å². The highest BCUT2D eigenvalue weighted by Crippen LogP contribution is 2.18. The summed E-state index contributed by atoms with van der Waals surface area (Å²) in [6.45, 7) is 5.82. The minimum atomic E-state index is -0.384. The third kappa shape index (κ3) is 5.08. The van der Waals surface area contributed by atoms with Crippen LogP contribution in [0.4, 0.5) is 10.5 Å². The smallest absolute Gasteiger partial charge is 0.315 e. The Morgan fingerprint density at radius 3 is 2.71 bits per heavy atom. The van der Waals surface area contributed by atoms with Crippen molar-refractivity contribution >= 4 is 17.6 Å². The van der Waals surface area contributed by atoms with Crippen LogP contribution in [0.5, 0.6) is 0 Å². The third-order valence-corrected chi connectivity index (χ3v) is 3.60. The molecule has 1 aromatic carbocycles. The second-order valence-corrected chi connectivity index (χ2v) is 5.70. The fraction of sp³-hybridized carbons (Fsp3) is 0.278. The molecule has 0 spiro atoms. The number of carbonyl (C=O) groups excluding carboxylic acids is 2. The molecule has 2 rings (SSSR count). The topological polar surface area (TPSA) is 83.1 Å². The standard InChI is InChI=1S/C18H22N4O2/c1-12-6-7-13(2)16(9-12)14(3)21-18(24)20-11-17(23)22-15-5-4-8-19-10-15/h4-10,14H,11H2,1-3H3,(H,22,23)(H2,20,21,24)/t14-/m0/s1. The first-order chi connectivity index (χ1) is 11.5. The van der Waals surface area contributed by atoms with Gasteiger partial charge in [-0.15, -0.1) is 0 Å². The van der Waals surface area contributed by atoms with Gasteiger partial charge in [0, 0.05) is 6.20 Å². The minimum Gasteiger partial charge on any atom is -0.332 e. The summed E-state index contributed by atoms with van der Waals surface area (Å²) in [6, 6.07) is 9.04. The van der Waals surface area contributed by atoms with E-state index in [4.69, 9.17) is 0 Å². The van der Waals surface area contributed by atoms with E-state index in [9.17, 15) is 9.59 Å². The van der Waals surface area contributed by atoms with Crippen molar-refractivity contribution in [3.05, 3.63) is 59.4 Å². The van der Waals surface area contributed by atoms with Gasteiger partial charge in [-0.1, -0.05) is 23.8 Å². The number of nitrogens with one attached hydrogen (secondary N) is 3. The van der Waals surface area contributed by atoms with E-state index < -0.39 is 0 Å². The Morgan fingerprint density at radius 1 is 1.21 bits per heavy atom. The molecule has 0 fully saturated rings. The molecule has 2 aromatic rings. The van der Waals surface area contributed by atoms with Crippen LogP contribution in [0.15, 0.2) is 42.7 Å². The largest absolute Gasteiger partial charge is 0.332 e. The molecule has 126 valence electrons. The maximum atomic E-state index is 12.0. The average Bonchev–Trinajstić information content (AvgIpc) is 2.56. The molecule has 6 nitrogen and oxygen atoms in total. The Balaban J connectivity index is 1.82. The van der Waals surface area contributed by atoms with Gasteiger partial charge in [0.1, 0.15) is 0 Å². The molecule has 3 N–H and O–H groups in total. The van der Waals surface area contributed by atoms with Crippen molar-refractivity contribution in [3.8, 4) is 0 Å². The summed E-state index contributed by atoms with van der Waals surface area (Å²) < 4.78 is 0. The number of hydrogen-bond donors (Lipinski definition) is 3. The van der Waals surface area contributed by atoms with Gasteiger partial charge in [0.05, 0.1) is 24.5 Å². The highest BCUT2D eigenvalue weighted by Gasteiger charge is 2.12. The van der Waals surface area contributed by atoms with Crippen molar-refractivity contribution in [1.82, 2.24) is 15.6 Å². The van der Waals surface area contributed by atoms with Gasteiger partial charge in [-0.2, -0.15) is 0 Å². The SMILES string of the molecule is Cc1ccc(C)c([C@H](C)NC(=O)NCC(=O)Nc2cccnc2)c1. The first kappa shape index (κ1) is 17.5. The molecule has 0 radical (unpaired) electrons. The summed E-state index contributed by atoms with van der Waals surface area (Å²) >= 11 is 0. The lowest BCUT2D eigenvalue weighted by molar-refractivity contribution is -0.115. The highest BCUT2D eigenvalue weighted by molar-refractivity contribution is 5.94. The number of carbonyl (C=O) groups is 2. The molecule has 0 aliphatic rings. The van der Waals surface area contributed by atoms with Gasteiger partial charge in [0.2, 0.25) is 5.91 Å². The maximum absolute atomic E-state index is 12.0. The van der Waals surface area contributed by atoms with Crippen LogP contribution in [0.3, 0.4) is 0 Å². The van der Waals surface area contributed by atoms with E-state index in [0.717, 1.165) is 16.7 Å². The lowest BCUT2D eigenvalue weighted by Gasteiger charge is -2.17. The zero-order chi connectivity index (χ0) is 17.5. The Morgan fingerprint density at radius 2 is 2.00 bits per heavy atom. The van der Waals surface area contributed by atoms with Crippen LogP contribution in [-0.2, 0) is 4.79 Å². The van der Waals surface area contributed by atoms with E-state index in [1.165, 1.54) is 0 Å². The molecule has 1 atom stereocenters. The van der Waals surface area contributed by atoms with E-state index in [-0.39, 0.29) is 24.5 Å². The number of amides is 3. The maximum Gasteiger partial charge on any atom is 0.315 e. The van der Waals surface area contributed by atoms with Crippen molar-refractivity contribution in [2.45, 2.75) is 26.8 Å². The van der Waals surface area contributed by atoms with E-state index in [1.807, 2.05) is 32.9 Å². The molecule has 0 bridgehead atoms. The molecule has 3 amide bonds. The quantitative estimate of drug-likeness (QED) is 0.790. The Labute approximate surface area is 141 Å². The van der Waals surface area contributed by atoms with Crippen molar-refractivity contribution in [1.29, 1.82) is 0 Å². The lowest BCUT2D eigenvalue weighted by atomic mass is 10.0. The molecule has 6 heteroatoms. The molecule has 0 saturated carbocycles. The number of rotatable bonds is 5. The molecule has 0 unspecified atom stereocenters. The third-order valence-electron chi connectivity index (χ3n) is 3.60. The summed E-state index contributed by atoms with van der Waals surface area (Å²) in [6.07, 6.45) is 3.16. The Kier molecular flexibility index (Phi) is 5.89. The first-order valence-electron chi connectivity index (χ1n) is 7.77. The van der Waals surface area contributed by atoms with E-state index in [2.05, 4.69) is 27.0 Å².